The Balaban J connectivity index is 2.07. The van der Waals surface area contributed by atoms with Crippen LogP contribution in [0.3, 0.4) is 0 Å². The summed E-state index contributed by atoms with van der Waals surface area (Å²) in [5.74, 6) is 0.880. The first-order valence-electron chi connectivity index (χ1n) is 5.26. The smallest absolute Gasteiger partial charge is 0.0467 e. The van der Waals surface area contributed by atoms with Gasteiger partial charge >= 0.3 is 0 Å². The molecule has 0 aliphatic heterocycles. The molecule has 0 spiro atoms. The van der Waals surface area contributed by atoms with Crippen molar-refractivity contribution < 1.29 is 0 Å². The van der Waals surface area contributed by atoms with Crippen LogP contribution in [0.2, 0.25) is 0 Å². The molecule has 1 unspecified atom stereocenters. The van der Waals surface area contributed by atoms with Gasteiger partial charge in [-0.05, 0) is 37.3 Å². The molecule has 1 atom stereocenters. The predicted molar refractivity (Wildman–Crippen MR) is 61.5 cm³/mol. The van der Waals surface area contributed by atoms with E-state index in [0.29, 0.717) is 6.04 Å². The maximum atomic E-state index is 5.60. The highest BCUT2D eigenvalue weighted by Crippen LogP contribution is 2.45. The summed E-state index contributed by atoms with van der Waals surface area (Å²) in [4.78, 5) is 3.91. The highest BCUT2D eigenvalue weighted by molar-refractivity contribution is 7.10. The summed E-state index contributed by atoms with van der Waals surface area (Å²) < 4.78 is 0. The number of hydrogen-bond acceptors (Lipinski definition) is 3. The Labute approximate surface area is 89.7 Å². The second kappa shape index (κ2) is 4.43. The third-order valence-corrected chi connectivity index (χ3v) is 3.80. The van der Waals surface area contributed by atoms with Crippen molar-refractivity contribution >= 4 is 11.3 Å². The summed E-state index contributed by atoms with van der Waals surface area (Å²) in [5.41, 5.74) is 5.60. The molecule has 78 valence electrons. The summed E-state index contributed by atoms with van der Waals surface area (Å²) in [6, 6.07) is 5.02. The molecular weight excluding hydrogens is 192 g/mol. The zero-order chi connectivity index (χ0) is 9.97. The van der Waals surface area contributed by atoms with Crippen molar-refractivity contribution in [1.29, 1.82) is 0 Å². The number of rotatable bonds is 5. The van der Waals surface area contributed by atoms with Gasteiger partial charge in [-0.15, -0.1) is 11.3 Å². The van der Waals surface area contributed by atoms with Crippen LogP contribution < -0.4 is 5.73 Å². The van der Waals surface area contributed by atoms with E-state index in [-0.39, 0.29) is 0 Å². The van der Waals surface area contributed by atoms with E-state index in [1.807, 2.05) is 11.3 Å². The maximum Gasteiger partial charge on any atom is 0.0467 e. The minimum Gasteiger partial charge on any atom is -0.329 e. The molecule has 1 heterocycles. The van der Waals surface area contributed by atoms with E-state index in [9.17, 15) is 0 Å². The van der Waals surface area contributed by atoms with Gasteiger partial charge < -0.3 is 5.73 Å². The molecule has 1 aliphatic carbocycles. The lowest BCUT2D eigenvalue weighted by molar-refractivity contribution is 0.230. The lowest BCUT2D eigenvalue weighted by Crippen LogP contribution is -2.30. The molecule has 0 amide bonds. The first kappa shape index (κ1) is 10.1. The molecule has 14 heavy (non-hydrogen) atoms. The molecule has 3 heteroatoms. The molecule has 1 aromatic rings. The molecule has 0 radical (unpaired) electrons. The Morgan fingerprint density at radius 1 is 1.64 bits per heavy atom. The first-order chi connectivity index (χ1) is 6.83. The van der Waals surface area contributed by atoms with Crippen LogP contribution in [-0.2, 0) is 0 Å². The van der Waals surface area contributed by atoms with E-state index in [4.69, 9.17) is 5.73 Å². The van der Waals surface area contributed by atoms with Crippen LogP contribution in [0.15, 0.2) is 17.5 Å². The zero-order valence-electron chi connectivity index (χ0n) is 8.65. The monoisotopic (exact) mass is 210 g/mol. The normalized spacial score (nSPS) is 18.8. The molecule has 2 nitrogen and oxygen atoms in total. The molecule has 1 saturated carbocycles. The van der Waals surface area contributed by atoms with E-state index < -0.39 is 0 Å². The Kier molecular flexibility index (Phi) is 3.21. The topological polar surface area (TPSA) is 29.3 Å². The summed E-state index contributed by atoms with van der Waals surface area (Å²) in [6.07, 6.45) is 2.77. The Morgan fingerprint density at radius 3 is 2.93 bits per heavy atom. The van der Waals surface area contributed by atoms with Crippen LogP contribution in [0.25, 0.3) is 0 Å². The lowest BCUT2D eigenvalue weighted by Gasteiger charge is -2.26. The second-order valence-corrected chi connectivity index (χ2v) is 5.05. The van der Waals surface area contributed by atoms with Crippen LogP contribution in [0.4, 0.5) is 0 Å². The van der Waals surface area contributed by atoms with Crippen molar-refractivity contribution in [2.75, 3.05) is 20.1 Å². The minimum atomic E-state index is 0.624. The van der Waals surface area contributed by atoms with Crippen LogP contribution in [0.1, 0.15) is 23.8 Å². The van der Waals surface area contributed by atoms with Crippen molar-refractivity contribution in [1.82, 2.24) is 4.90 Å². The van der Waals surface area contributed by atoms with Crippen LogP contribution in [-0.4, -0.2) is 25.0 Å². The largest absolute Gasteiger partial charge is 0.329 e. The highest BCUT2D eigenvalue weighted by Gasteiger charge is 2.35. The van der Waals surface area contributed by atoms with E-state index in [1.165, 1.54) is 17.7 Å². The summed E-state index contributed by atoms with van der Waals surface area (Å²) in [7, 11) is 2.19. The van der Waals surface area contributed by atoms with Gasteiger partial charge in [-0.3, -0.25) is 4.90 Å². The van der Waals surface area contributed by atoms with Gasteiger partial charge in [-0.2, -0.15) is 0 Å². The summed E-state index contributed by atoms with van der Waals surface area (Å²) >= 11 is 1.87. The fourth-order valence-corrected chi connectivity index (χ4v) is 3.01. The molecule has 0 saturated heterocycles. The fourth-order valence-electron chi connectivity index (χ4n) is 2.02. The van der Waals surface area contributed by atoms with Gasteiger partial charge in [0, 0.05) is 24.0 Å². The molecular formula is C11H18N2S. The Bertz CT molecular complexity index is 267. The maximum absolute atomic E-state index is 5.60. The fraction of sp³-hybridized carbons (Fsp3) is 0.636. The second-order valence-electron chi connectivity index (χ2n) is 4.07. The third kappa shape index (κ3) is 2.16. The van der Waals surface area contributed by atoms with Gasteiger partial charge in [0.15, 0.2) is 0 Å². The average Bonchev–Trinajstić information content (AvgIpc) is 2.82. The van der Waals surface area contributed by atoms with Gasteiger partial charge in [0.1, 0.15) is 0 Å². The molecule has 1 fully saturated rings. The van der Waals surface area contributed by atoms with Gasteiger partial charge in [-0.1, -0.05) is 6.07 Å². The van der Waals surface area contributed by atoms with Gasteiger partial charge in [0.25, 0.3) is 0 Å². The number of likely N-dealkylation sites (N-methyl/N-ethyl adjacent to an activating group) is 1. The molecule has 1 aromatic heterocycles. The molecule has 2 N–H and O–H groups in total. The predicted octanol–water partition coefficient (Wildman–Crippen LogP) is 2.09. The van der Waals surface area contributed by atoms with Crippen LogP contribution in [0.5, 0.6) is 0 Å². The highest BCUT2D eigenvalue weighted by atomic mass is 32.1. The SMILES string of the molecule is CN(CCN)C(c1cccs1)C1CC1. The van der Waals surface area contributed by atoms with Gasteiger partial charge in [-0.25, -0.2) is 0 Å². The standard InChI is InChI=1S/C11H18N2S/c1-13(7-6-12)11(9-4-5-9)10-3-2-8-14-10/h2-3,8-9,11H,4-7,12H2,1H3. The minimum absolute atomic E-state index is 0.624. The zero-order valence-corrected chi connectivity index (χ0v) is 9.46. The molecule has 2 rings (SSSR count). The number of hydrogen-bond donors (Lipinski definition) is 1. The van der Waals surface area contributed by atoms with E-state index in [1.54, 1.807) is 0 Å². The van der Waals surface area contributed by atoms with Crippen LogP contribution >= 0.6 is 11.3 Å². The van der Waals surface area contributed by atoms with Crippen molar-refractivity contribution in [2.45, 2.75) is 18.9 Å². The molecule has 0 bridgehead atoms. The van der Waals surface area contributed by atoms with E-state index in [2.05, 4.69) is 29.5 Å². The Morgan fingerprint density at radius 2 is 2.43 bits per heavy atom. The van der Waals surface area contributed by atoms with Crippen molar-refractivity contribution in [2.24, 2.45) is 11.7 Å². The summed E-state index contributed by atoms with van der Waals surface area (Å²) in [6.45, 7) is 1.75. The van der Waals surface area contributed by atoms with Crippen LogP contribution in [0, 0.1) is 5.92 Å². The van der Waals surface area contributed by atoms with Gasteiger partial charge in [0.05, 0.1) is 0 Å². The number of thiophene rings is 1. The Hall–Kier alpha value is -0.380. The van der Waals surface area contributed by atoms with E-state index in [0.717, 1.165) is 19.0 Å². The first-order valence-corrected chi connectivity index (χ1v) is 6.14. The molecule has 1 aliphatic rings. The van der Waals surface area contributed by atoms with Crippen molar-refractivity contribution in [3.8, 4) is 0 Å². The lowest BCUT2D eigenvalue weighted by atomic mass is 10.1. The number of nitrogens with two attached hydrogens (primary N) is 1. The van der Waals surface area contributed by atoms with Crippen molar-refractivity contribution in [3.63, 3.8) is 0 Å². The molecule has 0 aromatic carbocycles. The quantitative estimate of drug-likeness (QED) is 0.806. The van der Waals surface area contributed by atoms with Crippen molar-refractivity contribution in [3.05, 3.63) is 22.4 Å². The third-order valence-electron chi connectivity index (χ3n) is 2.86. The average molecular weight is 210 g/mol. The summed E-state index contributed by atoms with van der Waals surface area (Å²) in [5, 5.41) is 2.17. The number of nitrogens with zero attached hydrogens (tertiary/aromatic N) is 1. The van der Waals surface area contributed by atoms with E-state index >= 15 is 0 Å². The van der Waals surface area contributed by atoms with Gasteiger partial charge in [0.2, 0.25) is 0 Å².